The first kappa shape index (κ1) is 18.7. The van der Waals surface area contributed by atoms with Crippen LogP contribution in [0.4, 0.5) is 0 Å². The Morgan fingerprint density at radius 3 is 2.05 bits per heavy atom. The van der Waals surface area contributed by atoms with E-state index in [0.29, 0.717) is 52.0 Å². The van der Waals surface area contributed by atoms with Crippen molar-refractivity contribution in [3.8, 4) is 0 Å². The summed E-state index contributed by atoms with van der Waals surface area (Å²) >= 11 is 0. The van der Waals surface area contributed by atoms with E-state index in [-0.39, 0.29) is 16.9 Å². The van der Waals surface area contributed by atoms with Crippen molar-refractivity contribution >= 4 is 16.9 Å². The summed E-state index contributed by atoms with van der Waals surface area (Å²) in [7, 11) is 0.264. The zero-order chi connectivity index (χ0) is 15.2. The molecule has 0 radical (unpaired) electrons. The van der Waals surface area contributed by atoms with E-state index in [2.05, 4.69) is 0 Å². The van der Waals surface area contributed by atoms with Crippen LogP contribution in [0.2, 0.25) is 0 Å². The molecule has 124 valence electrons. The van der Waals surface area contributed by atoms with Gasteiger partial charge in [-0.05, 0) is 37.1 Å². The van der Waals surface area contributed by atoms with E-state index >= 15 is 0 Å². The van der Waals surface area contributed by atoms with Crippen molar-refractivity contribution in [2.75, 3.05) is 63.5 Å². The third kappa shape index (κ3) is 11.0. The molecule has 0 aromatic carbocycles. The molecule has 1 fully saturated rings. The van der Waals surface area contributed by atoms with Gasteiger partial charge >= 0.3 is 5.97 Å². The van der Waals surface area contributed by atoms with Crippen molar-refractivity contribution in [1.82, 2.24) is 0 Å². The lowest BCUT2D eigenvalue weighted by atomic mass is 10.3. The molecule has 0 unspecified atom stereocenters. The number of hydrogen-bond acceptors (Lipinski definition) is 5. The lowest BCUT2D eigenvalue weighted by Gasteiger charge is -2.13. The minimum Gasteiger partial charge on any atom is -0.460 e. The molecule has 21 heavy (non-hydrogen) atoms. The van der Waals surface area contributed by atoms with Gasteiger partial charge in [-0.3, -0.25) is 0 Å². The number of hydrogen-bond donors (Lipinski definition) is 0. The highest BCUT2D eigenvalue weighted by Crippen LogP contribution is 2.13. The molecule has 1 aliphatic rings. The number of carbonyl (C=O) groups excluding carboxylic acids is 1. The molecular formula is C15H29O5S+. The smallest absolute Gasteiger partial charge is 0.356 e. The van der Waals surface area contributed by atoms with Crippen molar-refractivity contribution in [3.05, 3.63) is 0 Å². The molecule has 6 heteroatoms. The average molecular weight is 321 g/mol. The summed E-state index contributed by atoms with van der Waals surface area (Å²) in [6.45, 7) is 5.73. The van der Waals surface area contributed by atoms with Gasteiger partial charge < -0.3 is 18.9 Å². The monoisotopic (exact) mass is 321 g/mol. The number of rotatable bonds is 12. The zero-order valence-electron chi connectivity index (χ0n) is 13.1. The molecule has 0 saturated carbocycles. The molecule has 0 aliphatic carbocycles. The van der Waals surface area contributed by atoms with Gasteiger partial charge in [0.1, 0.15) is 18.1 Å². The molecule has 0 aromatic heterocycles. The van der Waals surface area contributed by atoms with Gasteiger partial charge in [-0.2, -0.15) is 0 Å². The Hall–Kier alpha value is -0.300. The van der Waals surface area contributed by atoms with Crippen molar-refractivity contribution in [2.45, 2.75) is 26.2 Å². The first-order chi connectivity index (χ1) is 10.3. The molecule has 0 atom stereocenters. The lowest BCUT2D eigenvalue weighted by molar-refractivity contribution is -0.142. The Balaban J connectivity index is 1.81. The van der Waals surface area contributed by atoms with E-state index in [4.69, 9.17) is 18.9 Å². The summed E-state index contributed by atoms with van der Waals surface area (Å²) in [5, 5.41) is 0. The number of ether oxygens (including phenoxy) is 4. The summed E-state index contributed by atoms with van der Waals surface area (Å²) in [6.07, 6.45) is 3.85. The van der Waals surface area contributed by atoms with Gasteiger partial charge in [-0.25, -0.2) is 4.79 Å². The second-order valence-electron chi connectivity index (χ2n) is 4.87. The van der Waals surface area contributed by atoms with E-state index in [1.807, 2.05) is 6.92 Å². The van der Waals surface area contributed by atoms with Gasteiger partial charge in [0.2, 0.25) is 5.75 Å². The van der Waals surface area contributed by atoms with Crippen LogP contribution >= 0.6 is 0 Å². The molecule has 5 nitrogen and oxygen atoms in total. The Kier molecular flexibility index (Phi) is 11.9. The topological polar surface area (TPSA) is 54.0 Å². The van der Waals surface area contributed by atoms with Crippen LogP contribution in [0.15, 0.2) is 0 Å². The average Bonchev–Trinajstić information content (AvgIpc) is 2.50. The van der Waals surface area contributed by atoms with E-state index in [1.165, 1.54) is 30.8 Å². The molecule has 1 aliphatic heterocycles. The molecule has 0 spiro atoms. The van der Waals surface area contributed by atoms with Crippen LogP contribution in [-0.4, -0.2) is 69.5 Å². The second kappa shape index (κ2) is 13.4. The third-order valence-electron chi connectivity index (χ3n) is 3.13. The standard InChI is InChI=1S/C15H29O5S/c1-2-17-6-7-18-8-9-19-10-11-20-15(16)14-21-12-4-3-5-13-21/h2-14H2,1H3/q+1. The highest BCUT2D eigenvalue weighted by molar-refractivity contribution is 7.97. The van der Waals surface area contributed by atoms with Gasteiger partial charge in [0.05, 0.1) is 33.0 Å². The molecule has 1 heterocycles. The minimum atomic E-state index is -0.0724. The Labute approximate surface area is 131 Å². The summed E-state index contributed by atoms with van der Waals surface area (Å²) < 4.78 is 21.0. The third-order valence-corrected chi connectivity index (χ3v) is 5.50. The van der Waals surface area contributed by atoms with Gasteiger partial charge in [-0.1, -0.05) is 0 Å². The predicted octanol–water partition coefficient (Wildman–Crippen LogP) is 1.40. The zero-order valence-corrected chi connectivity index (χ0v) is 14.0. The van der Waals surface area contributed by atoms with Crippen LogP contribution in [0, 0.1) is 0 Å². The van der Waals surface area contributed by atoms with E-state index < -0.39 is 0 Å². The largest absolute Gasteiger partial charge is 0.460 e. The second-order valence-corrected chi connectivity index (χ2v) is 7.20. The lowest BCUT2D eigenvalue weighted by Crippen LogP contribution is -2.27. The Morgan fingerprint density at radius 1 is 0.857 bits per heavy atom. The normalized spacial score (nSPS) is 16.0. The molecule has 0 bridgehead atoms. The highest BCUT2D eigenvalue weighted by Gasteiger charge is 2.25. The first-order valence-corrected chi connectivity index (χ1v) is 9.59. The van der Waals surface area contributed by atoms with Gasteiger partial charge in [0.15, 0.2) is 0 Å². The quantitative estimate of drug-likeness (QED) is 0.309. The molecule has 0 N–H and O–H groups in total. The first-order valence-electron chi connectivity index (χ1n) is 7.86. The maximum atomic E-state index is 11.6. The van der Waals surface area contributed by atoms with E-state index in [9.17, 15) is 4.79 Å². The Bertz CT molecular complexity index is 256. The van der Waals surface area contributed by atoms with Gasteiger partial charge in [0, 0.05) is 6.61 Å². The van der Waals surface area contributed by atoms with Crippen LogP contribution in [0.1, 0.15) is 26.2 Å². The maximum Gasteiger partial charge on any atom is 0.356 e. The fourth-order valence-corrected chi connectivity index (χ4v) is 4.18. The molecular weight excluding hydrogens is 292 g/mol. The van der Waals surface area contributed by atoms with Gasteiger partial charge in [-0.15, -0.1) is 0 Å². The molecule has 1 saturated heterocycles. The molecule has 0 amide bonds. The fraction of sp³-hybridized carbons (Fsp3) is 0.933. The van der Waals surface area contributed by atoms with Crippen LogP contribution in [0.25, 0.3) is 0 Å². The Morgan fingerprint density at radius 2 is 1.43 bits per heavy atom. The predicted molar refractivity (Wildman–Crippen MR) is 84.9 cm³/mol. The highest BCUT2D eigenvalue weighted by atomic mass is 32.2. The minimum absolute atomic E-state index is 0.0724. The maximum absolute atomic E-state index is 11.6. The van der Waals surface area contributed by atoms with E-state index in [1.54, 1.807) is 0 Å². The SMILES string of the molecule is CCOCCOCCOCCOC(=O)C[S+]1CCCCC1. The summed E-state index contributed by atoms with van der Waals surface area (Å²) in [4.78, 5) is 11.6. The number of carbonyl (C=O) groups is 1. The van der Waals surface area contributed by atoms with Crippen molar-refractivity contribution in [1.29, 1.82) is 0 Å². The molecule has 1 rings (SSSR count). The van der Waals surface area contributed by atoms with Crippen LogP contribution in [0.5, 0.6) is 0 Å². The van der Waals surface area contributed by atoms with E-state index in [0.717, 1.165) is 0 Å². The van der Waals surface area contributed by atoms with Crippen LogP contribution in [-0.2, 0) is 34.6 Å². The van der Waals surface area contributed by atoms with Gasteiger partial charge in [0.25, 0.3) is 0 Å². The summed E-state index contributed by atoms with van der Waals surface area (Å²) in [6, 6.07) is 0. The summed E-state index contributed by atoms with van der Waals surface area (Å²) in [5.74, 6) is 2.92. The summed E-state index contributed by atoms with van der Waals surface area (Å²) in [5.41, 5.74) is 0. The van der Waals surface area contributed by atoms with Crippen molar-refractivity contribution in [3.63, 3.8) is 0 Å². The van der Waals surface area contributed by atoms with Crippen LogP contribution < -0.4 is 0 Å². The van der Waals surface area contributed by atoms with Crippen molar-refractivity contribution < 1.29 is 23.7 Å². The van der Waals surface area contributed by atoms with Crippen molar-refractivity contribution in [2.24, 2.45) is 0 Å². The van der Waals surface area contributed by atoms with Crippen LogP contribution in [0.3, 0.4) is 0 Å². The molecule has 0 aromatic rings. The fourth-order valence-electron chi connectivity index (χ4n) is 2.04. The number of esters is 1.